The van der Waals surface area contributed by atoms with Crippen molar-refractivity contribution in [3.63, 3.8) is 0 Å². The molecule has 2 aromatic rings. The van der Waals surface area contributed by atoms with Crippen LogP contribution in [-0.2, 0) is 22.5 Å². The van der Waals surface area contributed by atoms with E-state index in [9.17, 15) is 18.4 Å². The van der Waals surface area contributed by atoms with Gasteiger partial charge < -0.3 is 14.4 Å². The van der Waals surface area contributed by atoms with E-state index in [1.54, 1.807) is 16.7 Å². The number of thiophene rings is 1. The van der Waals surface area contributed by atoms with Crippen LogP contribution in [0, 0.1) is 0 Å². The third-order valence-electron chi connectivity index (χ3n) is 5.92. The molecule has 2 aromatic heterocycles. The SMILES string of the molecule is CC(C)c1nc(C(=O)N2CC(F)(F)OC3(CCN(Cc4cc(CC=O)cs4)CC3)C2)cs1. The second kappa shape index (κ2) is 9.24. The number of aldehydes is 1. The van der Waals surface area contributed by atoms with Crippen molar-refractivity contribution in [1.82, 2.24) is 14.8 Å². The fourth-order valence-electron chi connectivity index (χ4n) is 4.28. The number of aromatic nitrogens is 1. The van der Waals surface area contributed by atoms with Gasteiger partial charge in [0.1, 0.15) is 18.5 Å². The van der Waals surface area contributed by atoms with Crippen LogP contribution in [0.15, 0.2) is 16.8 Å². The molecule has 0 unspecified atom stereocenters. The molecule has 10 heteroatoms. The van der Waals surface area contributed by atoms with E-state index in [4.69, 9.17) is 4.74 Å². The van der Waals surface area contributed by atoms with E-state index in [-0.39, 0.29) is 18.2 Å². The Bertz CT molecular complexity index is 967. The molecule has 0 radical (unpaired) electrons. The predicted molar refractivity (Wildman–Crippen MR) is 119 cm³/mol. The van der Waals surface area contributed by atoms with Gasteiger partial charge in [0.2, 0.25) is 0 Å². The van der Waals surface area contributed by atoms with Crippen molar-refractivity contribution < 1.29 is 23.1 Å². The lowest BCUT2D eigenvalue weighted by atomic mass is 9.89. The number of thiazole rings is 1. The average Bonchev–Trinajstić information content (AvgIpc) is 3.38. The molecule has 0 aliphatic carbocycles. The van der Waals surface area contributed by atoms with Crippen molar-refractivity contribution in [2.24, 2.45) is 0 Å². The minimum atomic E-state index is -3.38. The first-order valence-electron chi connectivity index (χ1n) is 10.7. The third-order valence-corrected chi connectivity index (χ3v) is 8.03. The van der Waals surface area contributed by atoms with Crippen LogP contribution in [0.25, 0.3) is 0 Å². The Morgan fingerprint density at radius 1 is 1.25 bits per heavy atom. The smallest absolute Gasteiger partial charge is 0.326 e. The van der Waals surface area contributed by atoms with Gasteiger partial charge in [0.15, 0.2) is 0 Å². The molecule has 2 fully saturated rings. The van der Waals surface area contributed by atoms with Crippen LogP contribution >= 0.6 is 22.7 Å². The first-order valence-corrected chi connectivity index (χ1v) is 12.5. The lowest BCUT2D eigenvalue weighted by molar-refractivity contribution is -0.332. The summed E-state index contributed by atoms with van der Waals surface area (Å²) in [6.07, 6.45) is -1.24. The molecule has 2 aliphatic rings. The highest BCUT2D eigenvalue weighted by Crippen LogP contribution is 2.39. The van der Waals surface area contributed by atoms with Gasteiger partial charge >= 0.3 is 6.11 Å². The van der Waals surface area contributed by atoms with E-state index >= 15 is 0 Å². The number of halogens is 2. The number of carbonyl (C=O) groups excluding carboxylic acids is 2. The monoisotopic (exact) mass is 483 g/mol. The van der Waals surface area contributed by atoms with Crippen molar-refractivity contribution >= 4 is 34.9 Å². The maximum Gasteiger partial charge on any atom is 0.373 e. The highest BCUT2D eigenvalue weighted by atomic mass is 32.1. The van der Waals surface area contributed by atoms with Gasteiger partial charge in [-0.3, -0.25) is 9.69 Å². The largest absolute Gasteiger partial charge is 0.373 e. The summed E-state index contributed by atoms with van der Waals surface area (Å²) in [5.74, 6) is -0.277. The number of likely N-dealkylation sites (tertiary alicyclic amines) is 1. The van der Waals surface area contributed by atoms with Crippen LogP contribution in [0.1, 0.15) is 58.5 Å². The number of hydrogen-bond donors (Lipinski definition) is 0. The lowest BCUT2D eigenvalue weighted by Gasteiger charge is -2.49. The molecule has 4 heterocycles. The number of alkyl halides is 2. The molecule has 6 nitrogen and oxygen atoms in total. The van der Waals surface area contributed by atoms with Crippen LogP contribution in [0.3, 0.4) is 0 Å². The zero-order valence-corrected chi connectivity index (χ0v) is 19.8. The van der Waals surface area contributed by atoms with Crippen molar-refractivity contribution in [1.29, 1.82) is 0 Å². The maximum absolute atomic E-state index is 14.5. The van der Waals surface area contributed by atoms with E-state index in [2.05, 4.69) is 9.88 Å². The van der Waals surface area contributed by atoms with Gasteiger partial charge in [-0.15, -0.1) is 22.7 Å². The first kappa shape index (κ1) is 23.4. The first-order chi connectivity index (χ1) is 15.2. The fourth-order valence-corrected chi connectivity index (χ4v) is 6.03. The van der Waals surface area contributed by atoms with Gasteiger partial charge in [0, 0.05) is 42.2 Å². The summed E-state index contributed by atoms with van der Waals surface area (Å²) < 4.78 is 34.4. The molecule has 0 saturated carbocycles. The van der Waals surface area contributed by atoms with Gasteiger partial charge in [-0.25, -0.2) is 4.98 Å². The summed E-state index contributed by atoms with van der Waals surface area (Å²) in [5, 5.41) is 4.45. The molecular weight excluding hydrogens is 456 g/mol. The van der Waals surface area contributed by atoms with Gasteiger partial charge in [-0.05, 0) is 29.9 Å². The molecule has 174 valence electrons. The predicted octanol–water partition coefficient (Wildman–Crippen LogP) is 4.17. The zero-order valence-electron chi connectivity index (χ0n) is 18.2. The minimum Gasteiger partial charge on any atom is -0.326 e. The highest BCUT2D eigenvalue weighted by Gasteiger charge is 2.52. The van der Waals surface area contributed by atoms with E-state index in [1.165, 1.54) is 16.2 Å². The lowest BCUT2D eigenvalue weighted by Crippen LogP contribution is -2.62. The molecule has 4 rings (SSSR count). The molecule has 2 saturated heterocycles. The Kier molecular flexibility index (Phi) is 6.76. The maximum atomic E-state index is 14.5. The number of carbonyl (C=O) groups is 2. The molecule has 32 heavy (non-hydrogen) atoms. The molecule has 2 aliphatic heterocycles. The normalized spacial score (nSPS) is 20.7. The minimum absolute atomic E-state index is 0.145. The summed E-state index contributed by atoms with van der Waals surface area (Å²) in [6, 6.07) is 2.02. The Hall–Kier alpha value is -1.75. The van der Waals surface area contributed by atoms with Crippen molar-refractivity contribution in [2.75, 3.05) is 26.2 Å². The highest BCUT2D eigenvalue weighted by molar-refractivity contribution is 7.10. The molecule has 0 aromatic carbocycles. The molecule has 1 amide bonds. The quantitative estimate of drug-likeness (QED) is 0.577. The summed E-state index contributed by atoms with van der Waals surface area (Å²) in [7, 11) is 0. The number of hydrogen-bond acceptors (Lipinski definition) is 7. The van der Waals surface area contributed by atoms with Crippen molar-refractivity contribution in [3.05, 3.63) is 38.0 Å². The molecule has 0 atom stereocenters. The topological polar surface area (TPSA) is 62.7 Å². The van der Waals surface area contributed by atoms with Crippen LogP contribution in [0.2, 0.25) is 0 Å². The molecule has 1 spiro atoms. The Morgan fingerprint density at radius 2 is 2.00 bits per heavy atom. The van der Waals surface area contributed by atoms with Gasteiger partial charge in [-0.1, -0.05) is 13.8 Å². The van der Waals surface area contributed by atoms with E-state index < -0.39 is 24.2 Å². The number of piperidine rings is 1. The van der Waals surface area contributed by atoms with Crippen LogP contribution in [0.5, 0.6) is 0 Å². The summed E-state index contributed by atoms with van der Waals surface area (Å²) >= 11 is 2.99. The Morgan fingerprint density at radius 3 is 2.66 bits per heavy atom. The van der Waals surface area contributed by atoms with Crippen LogP contribution < -0.4 is 0 Å². The van der Waals surface area contributed by atoms with E-state index in [0.29, 0.717) is 32.4 Å². The third kappa shape index (κ3) is 5.24. The zero-order chi connectivity index (χ0) is 22.9. The van der Waals surface area contributed by atoms with Crippen molar-refractivity contribution in [2.45, 2.75) is 57.3 Å². The number of amides is 1. The molecule has 0 N–H and O–H groups in total. The fraction of sp³-hybridized carbons (Fsp3) is 0.591. The summed E-state index contributed by atoms with van der Waals surface area (Å²) in [5.41, 5.74) is 0.177. The van der Waals surface area contributed by atoms with Crippen LogP contribution in [-0.4, -0.2) is 64.9 Å². The van der Waals surface area contributed by atoms with Crippen LogP contribution in [0.4, 0.5) is 8.78 Å². The average molecular weight is 484 g/mol. The standard InChI is InChI=1S/C22H27F2N3O3S2/c1-15(2)19-25-18(12-32-19)20(29)27-13-21(30-22(23,24)14-27)4-6-26(7-5-21)10-17-9-16(3-8-28)11-31-17/h8-9,11-12,15H,3-7,10,13-14H2,1-2H3. The van der Waals surface area contributed by atoms with Crippen molar-refractivity contribution in [3.8, 4) is 0 Å². The Balaban J connectivity index is 1.41. The van der Waals surface area contributed by atoms with Gasteiger partial charge in [0.25, 0.3) is 5.91 Å². The number of nitrogens with zero attached hydrogens (tertiary/aromatic N) is 3. The van der Waals surface area contributed by atoms with E-state index in [0.717, 1.165) is 28.3 Å². The van der Waals surface area contributed by atoms with Gasteiger partial charge in [0.05, 0.1) is 17.2 Å². The summed E-state index contributed by atoms with van der Waals surface area (Å²) in [6.45, 7) is 5.29. The second-order valence-corrected chi connectivity index (χ2v) is 10.8. The van der Waals surface area contributed by atoms with E-state index in [1.807, 2.05) is 25.3 Å². The summed E-state index contributed by atoms with van der Waals surface area (Å²) in [4.78, 5) is 32.6. The number of ether oxygens (including phenoxy) is 1. The number of rotatable bonds is 6. The second-order valence-electron chi connectivity index (χ2n) is 8.88. The molecule has 0 bridgehead atoms. The number of morpholine rings is 1. The van der Waals surface area contributed by atoms with Gasteiger partial charge in [-0.2, -0.15) is 8.78 Å². The molecular formula is C22H27F2N3O3S2. The Labute approximate surface area is 194 Å².